The van der Waals surface area contributed by atoms with Crippen molar-refractivity contribution in [3.63, 3.8) is 0 Å². The van der Waals surface area contributed by atoms with Gasteiger partial charge in [0.05, 0.1) is 39.9 Å². The number of nitrogens with zero attached hydrogens (tertiary/aromatic N) is 1. The van der Waals surface area contributed by atoms with Crippen molar-refractivity contribution >= 4 is 13.7 Å². The summed E-state index contributed by atoms with van der Waals surface area (Å²) >= 11 is 0. The number of likely N-dealkylation sites (N-methyl/N-ethyl adjacent to an activating group) is 1. The lowest BCUT2D eigenvalue weighted by molar-refractivity contribution is -0.870. The summed E-state index contributed by atoms with van der Waals surface area (Å²) < 4.78 is 23.7. The molecule has 8 nitrogen and oxygen atoms in total. The number of phosphoric ester groups is 1. The van der Waals surface area contributed by atoms with Gasteiger partial charge in [0, 0.05) is 6.42 Å². The molecule has 9 heteroatoms. The molecule has 368 valence electrons. The highest BCUT2D eigenvalue weighted by Crippen LogP contribution is 2.43. The Balaban J connectivity index is 4.27. The second-order valence-electron chi connectivity index (χ2n) is 19.6. The molecule has 0 aromatic heterocycles. The van der Waals surface area contributed by atoms with Crippen LogP contribution in [0.3, 0.4) is 0 Å². The predicted octanol–water partition coefficient (Wildman–Crippen LogP) is 15.6. The summed E-state index contributed by atoms with van der Waals surface area (Å²) in [7, 11) is 1.58. The van der Waals surface area contributed by atoms with Crippen molar-refractivity contribution in [1.82, 2.24) is 5.32 Å². The van der Waals surface area contributed by atoms with Crippen LogP contribution in [0.5, 0.6) is 0 Å². The third-order valence-electron chi connectivity index (χ3n) is 12.2. The number of carbonyl (C=O) groups is 1. The summed E-state index contributed by atoms with van der Waals surface area (Å²) in [4.78, 5) is 23.2. The average molecular weight is 898 g/mol. The molecule has 0 saturated heterocycles. The maximum Gasteiger partial charge on any atom is 0.472 e. The van der Waals surface area contributed by atoms with E-state index in [1.165, 1.54) is 199 Å². The number of allylic oxidation sites excluding steroid dienone is 3. The minimum absolute atomic E-state index is 0.0621. The minimum atomic E-state index is -4.34. The van der Waals surface area contributed by atoms with Gasteiger partial charge >= 0.3 is 7.82 Å². The molecule has 0 aliphatic heterocycles. The highest BCUT2D eigenvalue weighted by atomic mass is 31.2. The first-order chi connectivity index (χ1) is 30.0. The smallest absolute Gasteiger partial charge is 0.387 e. The van der Waals surface area contributed by atoms with Crippen molar-refractivity contribution in [2.24, 2.45) is 0 Å². The number of rotatable bonds is 49. The number of hydrogen-bond acceptors (Lipinski definition) is 5. The van der Waals surface area contributed by atoms with Gasteiger partial charge in [-0.1, -0.05) is 231 Å². The number of unbranched alkanes of at least 4 members (excludes halogenated alkanes) is 34. The average Bonchev–Trinajstić information content (AvgIpc) is 3.23. The lowest BCUT2D eigenvalue weighted by Gasteiger charge is -2.25. The van der Waals surface area contributed by atoms with Gasteiger partial charge < -0.3 is 19.8 Å². The van der Waals surface area contributed by atoms with Crippen molar-refractivity contribution in [2.75, 3.05) is 40.9 Å². The highest BCUT2D eigenvalue weighted by Gasteiger charge is 2.27. The normalized spacial score (nSPS) is 14.2. The summed E-state index contributed by atoms with van der Waals surface area (Å²) in [6, 6.07) is -0.846. The van der Waals surface area contributed by atoms with Gasteiger partial charge in [-0.3, -0.25) is 13.8 Å². The van der Waals surface area contributed by atoms with Gasteiger partial charge in [0.1, 0.15) is 13.2 Å². The van der Waals surface area contributed by atoms with Crippen molar-refractivity contribution in [2.45, 2.75) is 270 Å². The molecule has 0 rings (SSSR count). The first kappa shape index (κ1) is 61.0. The Morgan fingerprint density at radius 2 is 0.871 bits per heavy atom. The van der Waals surface area contributed by atoms with Crippen LogP contribution in [0.25, 0.3) is 0 Å². The predicted molar refractivity (Wildman–Crippen MR) is 268 cm³/mol. The molecular formula is C53H106N2O6P+. The fraction of sp³-hybridized carbons (Fsp3) is 0.906. The lowest BCUT2D eigenvalue weighted by atomic mass is 10.0. The van der Waals surface area contributed by atoms with E-state index in [0.717, 1.165) is 38.5 Å². The van der Waals surface area contributed by atoms with Crippen molar-refractivity contribution in [1.29, 1.82) is 0 Å². The van der Waals surface area contributed by atoms with E-state index in [2.05, 4.69) is 31.3 Å². The Morgan fingerprint density at radius 3 is 1.24 bits per heavy atom. The molecule has 0 saturated carbocycles. The monoisotopic (exact) mass is 898 g/mol. The Morgan fingerprint density at radius 1 is 0.532 bits per heavy atom. The Hall–Kier alpha value is -1.02. The van der Waals surface area contributed by atoms with Crippen LogP contribution in [-0.4, -0.2) is 73.4 Å². The van der Waals surface area contributed by atoms with Gasteiger partial charge in [-0.2, -0.15) is 0 Å². The fourth-order valence-corrected chi connectivity index (χ4v) is 8.66. The van der Waals surface area contributed by atoms with Crippen molar-refractivity contribution in [3.8, 4) is 0 Å². The highest BCUT2D eigenvalue weighted by molar-refractivity contribution is 7.47. The number of quaternary nitrogens is 1. The zero-order chi connectivity index (χ0) is 45.7. The second-order valence-corrected chi connectivity index (χ2v) is 21.1. The van der Waals surface area contributed by atoms with E-state index < -0.39 is 20.0 Å². The van der Waals surface area contributed by atoms with Crippen molar-refractivity contribution < 1.29 is 32.9 Å². The molecule has 0 aliphatic rings. The quantitative estimate of drug-likeness (QED) is 0.0243. The number of aliphatic hydroxyl groups excluding tert-OH is 1. The minimum Gasteiger partial charge on any atom is -0.387 e. The van der Waals surface area contributed by atoms with Gasteiger partial charge in [0.25, 0.3) is 0 Å². The molecule has 3 unspecified atom stereocenters. The van der Waals surface area contributed by atoms with E-state index >= 15 is 0 Å². The Bertz CT molecular complexity index is 1060. The van der Waals surface area contributed by atoms with Gasteiger partial charge in [-0.15, -0.1) is 0 Å². The van der Waals surface area contributed by atoms with E-state index in [1.807, 2.05) is 27.2 Å². The van der Waals surface area contributed by atoms with E-state index in [1.54, 1.807) is 6.08 Å². The zero-order valence-corrected chi connectivity index (χ0v) is 42.8. The molecule has 0 aromatic carbocycles. The SMILES string of the molecule is CCCCCCCCCCCCC/C=C\CCCCCCCCCC(=O)NC(COP(=O)(O)OCC[N+](C)(C)C)C(O)/C=C/CCCCCCCCCCCCCCCCCC. The van der Waals surface area contributed by atoms with Gasteiger partial charge in [0.15, 0.2) is 0 Å². The van der Waals surface area contributed by atoms with Crippen LogP contribution in [-0.2, 0) is 18.4 Å². The number of phosphoric acid groups is 1. The topological polar surface area (TPSA) is 105 Å². The lowest BCUT2D eigenvalue weighted by Crippen LogP contribution is -2.45. The first-order valence-electron chi connectivity index (χ1n) is 26.7. The molecule has 0 fully saturated rings. The molecule has 0 aromatic rings. The molecule has 0 spiro atoms. The maximum atomic E-state index is 12.9. The Labute approximate surface area is 385 Å². The number of amides is 1. The summed E-state index contributed by atoms with van der Waals surface area (Å²) in [5, 5.41) is 13.9. The number of nitrogens with one attached hydrogen (secondary N) is 1. The van der Waals surface area contributed by atoms with Crippen LogP contribution in [0.15, 0.2) is 24.3 Å². The van der Waals surface area contributed by atoms with E-state index in [4.69, 9.17) is 9.05 Å². The zero-order valence-electron chi connectivity index (χ0n) is 41.9. The number of hydrogen-bond donors (Lipinski definition) is 3. The van der Waals surface area contributed by atoms with E-state index in [0.29, 0.717) is 17.4 Å². The standard InChI is InChI=1S/C53H105N2O6P/c1-6-8-10-12-14-16-18-20-22-24-26-27-28-29-31-33-35-37-39-41-43-45-47-53(57)54-51(50-61-62(58,59)60-49-48-55(3,4)5)52(56)46-44-42-40-38-36-34-32-30-25-23-21-19-17-15-13-11-9-7-2/h28-29,44,46,51-52,56H,6-27,30-43,45,47-50H2,1-5H3,(H-,54,57,58,59)/p+1/b29-28-,46-44+. The summed E-state index contributed by atoms with van der Waals surface area (Å²) in [6.45, 7) is 4.84. The molecule has 1 amide bonds. The molecule has 3 atom stereocenters. The van der Waals surface area contributed by atoms with Gasteiger partial charge in [-0.25, -0.2) is 4.57 Å². The second kappa shape index (κ2) is 45.1. The summed E-state index contributed by atoms with van der Waals surface area (Å²) in [5.41, 5.74) is 0. The third-order valence-corrected chi connectivity index (χ3v) is 13.1. The summed E-state index contributed by atoms with van der Waals surface area (Å²) in [5.74, 6) is -0.178. The van der Waals surface area contributed by atoms with Crippen LogP contribution in [0, 0.1) is 0 Å². The van der Waals surface area contributed by atoms with Crippen LogP contribution in [0.1, 0.15) is 258 Å². The number of carbonyl (C=O) groups excluding carboxylic acids is 1. The van der Waals surface area contributed by atoms with Crippen molar-refractivity contribution in [3.05, 3.63) is 24.3 Å². The summed E-state index contributed by atoms with van der Waals surface area (Å²) in [6.07, 6.45) is 55.4. The number of aliphatic hydroxyl groups is 1. The van der Waals surface area contributed by atoms with Crippen LogP contribution in [0.2, 0.25) is 0 Å². The van der Waals surface area contributed by atoms with Crippen LogP contribution >= 0.6 is 7.82 Å². The third kappa shape index (κ3) is 47.0. The van der Waals surface area contributed by atoms with Gasteiger partial charge in [-0.05, 0) is 44.9 Å². The maximum absolute atomic E-state index is 12.9. The largest absolute Gasteiger partial charge is 0.472 e. The molecule has 62 heavy (non-hydrogen) atoms. The van der Waals surface area contributed by atoms with Crippen LogP contribution in [0.4, 0.5) is 0 Å². The van der Waals surface area contributed by atoms with E-state index in [-0.39, 0.29) is 19.1 Å². The molecule has 0 radical (unpaired) electrons. The molecule has 0 bridgehead atoms. The van der Waals surface area contributed by atoms with Crippen LogP contribution < -0.4 is 5.32 Å². The fourth-order valence-electron chi connectivity index (χ4n) is 7.92. The van der Waals surface area contributed by atoms with E-state index in [9.17, 15) is 19.4 Å². The first-order valence-corrected chi connectivity index (χ1v) is 28.2. The molecule has 3 N–H and O–H groups in total. The Kier molecular flexibility index (Phi) is 44.4. The van der Waals surface area contributed by atoms with Gasteiger partial charge in [0.2, 0.25) is 5.91 Å². The molecule has 0 heterocycles. The molecule has 0 aliphatic carbocycles. The molecular weight excluding hydrogens is 792 g/mol.